The summed E-state index contributed by atoms with van der Waals surface area (Å²) in [5, 5.41) is 23.3. The zero-order chi connectivity index (χ0) is 76.6. The predicted octanol–water partition coefficient (Wildman–Crippen LogP) is 5.21. The van der Waals surface area contributed by atoms with Crippen LogP contribution in [0.25, 0.3) is 11.1 Å². The molecule has 0 fully saturated rings. The van der Waals surface area contributed by atoms with Gasteiger partial charge in [0.2, 0.25) is 35.3 Å². The van der Waals surface area contributed by atoms with Crippen LogP contribution in [-0.2, 0) is 85.3 Å². The first-order valence-electron chi connectivity index (χ1n) is 34.8. The fraction of sp³-hybridized carbons (Fsp3) is 0.431. The van der Waals surface area contributed by atoms with Gasteiger partial charge in [-0.1, -0.05) is 29.8 Å². The van der Waals surface area contributed by atoms with Crippen molar-refractivity contribution in [3.05, 3.63) is 137 Å². The van der Waals surface area contributed by atoms with Crippen molar-refractivity contribution in [2.45, 2.75) is 51.6 Å². The summed E-state index contributed by atoms with van der Waals surface area (Å²) in [6.45, 7) is 9.73. The maximum absolute atomic E-state index is 13.3. The van der Waals surface area contributed by atoms with E-state index in [0.717, 1.165) is 34.5 Å². The molecule has 0 spiro atoms. The van der Waals surface area contributed by atoms with Crippen LogP contribution in [0.15, 0.2) is 109 Å². The number of ether oxygens (including phenoxy) is 8. The Kier molecular flexibility index (Phi) is 32.6. The molecule has 8 amide bonds. The van der Waals surface area contributed by atoms with Crippen molar-refractivity contribution in [3.63, 3.8) is 0 Å². The van der Waals surface area contributed by atoms with Gasteiger partial charge < -0.3 is 115 Å². The molecular formula is C72H95ClN18O16. The number of fused-ring (bicyclic) bond motifs is 1. The number of guanidine groups is 1. The summed E-state index contributed by atoms with van der Waals surface area (Å²) in [4.78, 5) is 117. The second-order valence-electron chi connectivity index (χ2n) is 24.6. The van der Waals surface area contributed by atoms with Crippen LogP contribution in [0.1, 0.15) is 93.4 Å². The smallest absolute Gasteiger partial charge is 0.291 e. The second-order valence-corrected chi connectivity index (χ2v) is 25.1. The topological polar surface area (TPSA) is 420 Å². The number of amides is 8. The molecule has 576 valence electrons. The maximum atomic E-state index is 13.3. The first-order valence-corrected chi connectivity index (χ1v) is 35.2. The number of anilines is 7. The molecule has 3 aromatic carbocycles. The van der Waals surface area contributed by atoms with Crippen molar-refractivity contribution >= 4 is 105 Å². The Bertz CT molecular complexity index is 4130. The Morgan fingerprint density at radius 1 is 0.477 bits per heavy atom. The van der Waals surface area contributed by atoms with E-state index in [1.807, 2.05) is 65.6 Å². The molecule has 0 radical (unpaired) electrons. The van der Waals surface area contributed by atoms with Crippen molar-refractivity contribution in [2.75, 3.05) is 162 Å². The highest BCUT2D eigenvalue weighted by molar-refractivity contribution is 6.30. The molecule has 0 saturated carbocycles. The van der Waals surface area contributed by atoms with Gasteiger partial charge >= 0.3 is 0 Å². The lowest BCUT2D eigenvalue weighted by Crippen LogP contribution is -2.43. The van der Waals surface area contributed by atoms with Gasteiger partial charge in [-0.05, 0) is 90.7 Å². The van der Waals surface area contributed by atoms with Crippen molar-refractivity contribution in [1.29, 1.82) is 0 Å². The quantitative estimate of drug-likeness (QED) is 0.0133. The second kappa shape index (κ2) is 42.5. The van der Waals surface area contributed by atoms with E-state index in [4.69, 9.17) is 61.0 Å². The third-order valence-corrected chi connectivity index (χ3v) is 16.5. The number of aryl methyl sites for hydroxylation is 4. The first-order chi connectivity index (χ1) is 51.6. The van der Waals surface area contributed by atoms with Gasteiger partial charge in [0, 0.05) is 114 Å². The van der Waals surface area contributed by atoms with Crippen LogP contribution in [0.2, 0.25) is 5.02 Å². The molecule has 4 aromatic heterocycles. The molecule has 1 aliphatic rings. The van der Waals surface area contributed by atoms with Gasteiger partial charge in [-0.15, -0.1) is 0 Å². The summed E-state index contributed by atoms with van der Waals surface area (Å²) < 4.78 is 50.5. The maximum Gasteiger partial charge on any atom is 0.291 e. The molecule has 35 heteroatoms. The highest BCUT2D eigenvalue weighted by Gasteiger charge is 2.33. The number of nitrogens with two attached hydrogens (primary N) is 2. The summed E-state index contributed by atoms with van der Waals surface area (Å²) in [6, 6.07) is 24.4. The minimum absolute atomic E-state index is 0.000612. The first kappa shape index (κ1) is 82.1. The van der Waals surface area contributed by atoms with Gasteiger partial charge in [0.1, 0.15) is 11.4 Å². The molecule has 8 rings (SSSR count). The standard InChI is InChI=1S/C72H95ClN18O16/c1-47-39-57(79-52-14-10-51(73)11-15-52)56-40-50(9-16-58(56)91(47)48(2)92)49-7-12-53(13-8-49)80-65(95)19-23-100-25-27-102-29-31-104-33-35-106-37-38-107-36-34-105-32-30-103-28-26-101-24-22-77-69(97)60-42-55(44-88(60)4)82-71(99)66-85-61(45-89(66)5)83-63(93)17-20-76-68(96)59-41-54(43-87(59)3)81-70(98)67-86-62(46-90(67)6)84-64(94)18-21-78-72(74)75/h7-16,40-47,57,79H,17-39H2,1-6H3,(H,76,96)(H,77,97)(H,80,95)(H,81,98)(H,82,99)(H,83,93)(H,84,94)(H4,74,75,78)/t47-,57+/m0/s1. The van der Waals surface area contributed by atoms with Gasteiger partial charge in [-0.25, -0.2) is 9.97 Å². The SMILES string of the molecule is CC(=O)N1c2ccc(-c3ccc(NC(=O)CCOCCOCCOCCOCCOCCOCCOCCOCCNC(=O)c4cc(NC(=O)c5nc(NC(=O)CCNC(=O)c6cc(NC(=O)c7nc(NC(=O)CCN=C(N)N)cn7C)cn6C)cn5C)cn4C)cc3)cc2[C@H](Nc2ccc(Cl)cc2)C[C@@H]1C. The minimum atomic E-state index is -0.602. The van der Waals surface area contributed by atoms with Crippen LogP contribution in [0, 0.1) is 0 Å². The number of halogens is 1. The number of nitrogens with one attached hydrogen (secondary N) is 8. The summed E-state index contributed by atoms with van der Waals surface area (Å²) in [7, 11) is 6.42. The van der Waals surface area contributed by atoms with E-state index in [9.17, 15) is 38.4 Å². The largest absolute Gasteiger partial charge is 0.379 e. The number of imidazole rings is 2. The van der Waals surface area contributed by atoms with E-state index in [1.54, 1.807) is 45.9 Å². The molecule has 0 saturated heterocycles. The van der Waals surface area contributed by atoms with Crippen LogP contribution < -0.4 is 58.9 Å². The lowest BCUT2D eigenvalue weighted by Gasteiger charge is -2.39. The van der Waals surface area contributed by atoms with Gasteiger partial charge in [0.05, 0.1) is 136 Å². The molecule has 7 aromatic rings. The van der Waals surface area contributed by atoms with Crippen LogP contribution >= 0.6 is 11.6 Å². The monoisotopic (exact) mass is 1500 g/mol. The number of carbonyl (C=O) groups is 8. The average molecular weight is 1500 g/mol. The lowest BCUT2D eigenvalue weighted by atomic mass is 9.89. The highest BCUT2D eigenvalue weighted by Crippen LogP contribution is 2.41. The third kappa shape index (κ3) is 26.8. The van der Waals surface area contributed by atoms with Crippen molar-refractivity contribution in [1.82, 2.24) is 38.9 Å². The Morgan fingerprint density at radius 2 is 0.916 bits per heavy atom. The van der Waals surface area contributed by atoms with E-state index in [0.29, 0.717) is 115 Å². The van der Waals surface area contributed by atoms with Crippen molar-refractivity contribution < 1.29 is 76.3 Å². The molecule has 5 heterocycles. The molecule has 12 N–H and O–H groups in total. The van der Waals surface area contributed by atoms with E-state index < -0.39 is 29.5 Å². The summed E-state index contributed by atoms with van der Waals surface area (Å²) >= 11 is 6.14. The van der Waals surface area contributed by atoms with Gasteiger partial charge in [0.15, 0.2) is 17.6 Å². The molecule has 0 bridgehead atoms. The van der Waals surface area contributed by atoms with E-state index >= 15 is 0 Å². The van der Waals surface area contributed by atoms with Gasteiger partial charge in [0.25, 0.3) is 23.6 Å². The molecule has 107 heavy (non-hydrogen) atoms. The number of nitrogens with zero attached hydrogens (tertiary/aromatic N) is 8. The van der Waals surface area contributed by atoms with Crippen LogP contribution in [0.4, 0.5) is 40.1 Å². The Balaban J connectivity index is 0.567. The Hall–Kier alpha value is -10.6. The zero-order valence-corrected chi connectivity index (χ0v) is 61.6. The fourth-order valence-corrected chi connectivity index (χ4v) is 11.3. The fourth-order valence-electron chi connectivity index (χ4n) is 11.2. The molecule has 2 atom stereocenters. The molecule has 0 aliphatic carbocycles. The lowest BCUT2D eigenvalue weighted by molar-refractivity contribution is -0.118. The van der Waals surface area contributed by atoms with E-state index in [-0.39, 0.29) is 123 Å². The Morgan fingerprint density at radius 3 is 1.40 bits per heavy atom. The number of rotatable bonds is 45. The predicted molar refractivity (Wildman–Crippen MR) is 402 cm³/mol. The summed E-state index contributed by atoms with van der Waals surface area (Å²) in [5.74, 6) is -3.10. The number of benzene rings is 3. The Labute approximate surface area is 624 Å². The summed E-state index contributed by atoms with van der Waals surface area (Å²) in [5.41, 5.74) is 17.2. The number of hydrogen-bond donors (Lipinski definition) is 10. The average Bonchev–Trinajstić information content (AvgIpc) is 1.16. The van der Waals surface area contributed by atoms with Crippen LogP contribution in [0.5, 0.6) is 0 Å². The van der Waals surface area contributed by atoms with Crippen molar-refractivity contribution in [3.8, 4) is 11.1 Å². The molecule has 0 unspecified atom stereocenters. The molecule has 1 aliphatic heterocycles. The van der Waals surface area contributed by atoms with Crippen LogP contribution in [0.3, 0.4) is 0 Å². The van der Waals surface area contributed by atoms with Gasteiger partial charge in [-0.2, -0.15) is 0 Å². The van der Waals surface area contributed by atoms with E-state index in [1.165, 1.54) is 44.4 Å². The highest BCUT2D eigenvalue weighted by atomic mass is 35.5. The normalized spacial score (nSPS) is 13.1. The number of hydrogen-bond acceptors (Lipinski definition) is 20. The number of aliphatic imine (C=N–C) groups is 1. The number of carbonyl (C=O) groups excluding carboxylic acids is 8. The zero-order valence-electron chi connectivity index (χ0n) is 60.9. The van der Waals surface area contributed by atoms with E-state index in [2.05, 4.69) is 70.5 Å². The summed E-state index contributed by atoms with van der Waals surface area (Å²) in [6.07, 6.45) is 6.80. The molecular weight excluding hydrogens is 1410 g/mol. The minimum Gasteiger partial charge on any atom is -0.379 e. The third-order valence-electron chi connectivity index (χ3n) is 16.3. The van der Waals surface area contributed by atoms with Crippen molar-refractivity contribution in [2.24, 2.45) is 44.7 Å². The van der Waals surface area contributed by atoms with Gasteiger partial charge in [-0.3, -0.25) is 43.3 Å². The number of aromatic nitrogens is 6. The van der Waals surface area contributed by atoms with Crippen LogP contribution in [-0.4, -0.2) is 213 Å². The molecule has 34 nitrogen and oxygen atoms in total.